The molecule has 3 atom stereocenters. The van der Waals surface area contributed by atoms with Crippen molar-refractivity contribution in [2.45, 2.75) is 83.5 Å². The molecule has 0 nitrogen and oxygen atoms in total. The van der Waals surface area contributed by atoms with Crippen LogP contribution in [0, 0.1) is 29.1 Å². The molecule has 18 heavy (non-hydrogen) atoms. The van der Waals surface area contributed by atoms with Crippen molar-refractivity contribution in [1.29, 1.82) is 0 Å². The van der Waals surface area contributed by atoms with E-state index in [9.17, 15) is 0 Å². The molecule has 0 aromatic rings. The van der Waals surface area contributed by atoms with Crippen molar-refractivity contribution in [3.05, 3.63) is 0 Å². The summed E-state index contributed by atoms with van der Waals surface area (Å²) < 4.78 is 0. The van der Waals surface area contributed by atoms with Crippen LogP contribution in [-0.4, -0.2) is 0 Å². The van der Waals surface area contributed by atoms with Gasteiger partial charge in [-0.2, -0.15) is 0 Å². The Labute approximate surface area is 113 Å². The predicted molar refractivity (Wildman–Crippen MR) is 76.4 cm³/mol. The smallest absolute Gasteiger partial charge is 0.0238 e. The van der Waals surface area contributed by atoms with Crippen LogP contribution in [0.1, 0.15) is 83.5 Å². The Balaban J connectivity index is 1.62. The summed E-state index contributed by atoms with van der Waals surface area (Å²) in [6.45, 7) is 0. The molecular weight excluding hydrogens is 216 g/mol. The van der Waals surface area contributed by atoms with Crippen LogP contribution in [-0.2, 0) is 0 Å². The third-order valence-electron chi connectivity index (χ3n) is 7.52. The zero-order valence-corrected chi connectivity index (χ0v) is 12.0. The summed E-state index contributed by atoms with van der Waals surface area (Å²) in [4.78, 5) is 0. The van der Waals surface area contributed by atoms with Gasteiger partial charge in [0.05, 0.1) is 0 Å². The Morgan fingerprint density at radius 3 is 2.17 bits per heavy atom. The SMILES string of the molecule is C1CCC2C(C1)CCCC2C12CCCC1CCC2. The van der Waals surface area contributed by atoms with E-state index in [0.717, 1.165) is 29.1 Å². The lowest BCUT2D eigenvalue weighted by molar-refractivity contribution is -0.00719. The maximum atomic E-state index is 1.62. The number of hydrogen-bond acceptors (Lipinski definition) is 0. The number of rotatable bonds is 1. The van der Waals surface area contributed by atoms with Crippen LogP contribution in [0.25, 0.3) is 0 Å². The molecule has 4 rings (SSSR count). The zero-order valence-electron chi connectivity index (χ0n) is 12.0. The molecule has 0 bridgehead atoms. The molecule has 0 aliphatic heterocycles. The molecule has 0 heterocycles. The van der Waals surface area contributed by atoms with Crippen molar-refractivity contribution in [3.8, 4) is 0 Å². The van der Waals surface area contributed by atoms with E-state index in [1.165, 1.54) is 0 Å². The lowest BCUT2D eigenvalue weighted by Gasteiger charge is -2.50. The van der Waals surface area contributed by atoms with E-state index in [1.807, 2.05) is 0 Å². The second-order valence-electron chi connectivity index (χ2n) is 7.96. The highest BCUT2D eigenvalue weighted by Gasteiger charge is 2.54. The van der Waals surface area contributed by atoms with Gasteiger partial charge in [-0.1, -0.05) is 44.9 Å². The Kier molecular flexibility index (Phi) is 2.97. The van der Waals surface area contributed by atoms with E-state index in [-0.39, 0.29) is 0 Å². The molecule has 3 unspecified atom stereocenters. The van der Waals surface area contributed by atoms with Gasteiger partial charge in [0.2, 0.25) is 0 Å². The third kappa shape index (κ3) is 1.63. The van der Waals surface area contributed by atoms with E-state index in [0.29, 0.717) is 0 Å². The van der Waals surface area contributed by atoms with Gasteiger partial charge < -0.3 is 0 Å². The van der Waals surface area contributed by atoms with Crippen molar-refractivity contribution < 1.29 is 0 Å². The maximum absolute atomic E-state index is 1.62. The summed E-state index contributed by atoms with van der Waals surface area (Å²) in [5.74, 6) is 4.62. The fraction of sp³-hybridized carbons (Fsp3) is 1.00. The van der Waals surface area contributed by atoms with Gasteiger partial charge in [-0.05, 0) is 67.6 Å². The summed E-state index contributed by atoms with van der Waals surface area (Å²) in [6, 6.07) is 0. The fourth-order valence-electron chi connectivity index (χ4n) is 6.93. The van der Waals surface area contributed by atoms with Crippen molar-refractivity contribution >= 4 is 0 Å². The second-order valence-corrected chi connectivity index (χ2v) is 7.96. The zero-order chi connectivity index (χ0) is 12.0. The summed E-state index contributed by atoms with van der Waals surface area (Å²) in [7, 11) is 0. The molecule has 4 aliphatic carbocycles. The normalized spacial score (nSPS) is 52.0. The first-order chi connectivity index (χ1) is 8.90. The first kappa shape index (κ1) is 11.8. The summed E-state index contributed by atoms with van der Waals surface area (Å²) in [5, 5.41) is 0. The molecule has 0 heteroatoms. The third-order valence-corrected chi connectivity index (χ3v) is 7.52. The monoisotopic (exact) mass is 246 g/mol. The highest BCUT2D eigenvalue weighted by Crippen LogP contribution is 2.64. The average Bonchev–Trinajstić information content (AvgIpc) is 2.98. The Hall–Kier alpha value is 0. The summed E-state index contributed by atoms with van der Waals surface area (Å²) >= 11 is 0. The molecule has 0 saturated heterocycles. The van der Waals surface area contributed by atoms with Crippen LogP contribution in [0.2, 0.25) is 0 Å². The highest BCUT2D eigenvalue weighted by atomic mass is 14.6. The molecular formula is C18H30. The second kappa shape index (κ2) is 4.53. The van der Waals surface area contributed by atoms with Gasteiger partial charge in [-0.15, -0.1) is 0 Å². The van der Waals surface area contributed by atoms with Crippen LogP contribution in [0.4, 0.5) is 0 Å². The van der Waals surface area contributed by atoms with Crippen molar-refractivity contribution in [1.82, 2.24) is 0 Å². The molecule has 102 valence electrons. The van der Waals surface area contributed by atoms with Crippen molar-refractivity contribution in [2.24, 2.45) is 29.1 Å². The van der Waals surface area contributed by atoms with Crippen LogP contribution >= 0.6 is 0 Å². The standard InChI is InChI=1S/C18H30/c1-2-10-16-14(6-1)7-3-11-17(16)18-12-4-8-15(18)9-5-13-18/h14-17H,1-13H2. The van der Waals surface area contributed by atoms with Crippen LogP contribution in [0.3, 0.4) is 0 Å². The van der Waals surface area contributed by atoms with E-state index in [2.05, 4.69) is 0 Å². The Morgan fingerprint density at radius 1 is 0.611 bits per heavy atom. The van der Waals surface area contributed by atoms with E-state index < -0.39 is 0 Å². The van der Waals surface area contributed by atoms with Crippen molar-refractivity contribution in [2.75, 3.05) is 0 Å². The largest absolute Gasteiger partial charge is 0.0530 e. The van der Waals surface area contributed by atoms with Gasteiger partial charge >= 0.3 is 0 Å². The maximum Gasteiger partial charge on any atom is -0.0238 e. The molecule has 0 N–H and O–H groups in total. The van der Waals surface area contributed by atoms with Gasteiger partial charge in [-0.25, -0.2) is 0 Å². The highest BCUT2D eigenvalue weighted by molar-refractivity contribution is 5.04. The predicted octanol–water partition coefficient (Wildman–Crippen LogP) is 5.56. The summed E-state index contributed by atoms with van der Waals surface area (Å²) in [6.07, 6.45) is 20.6. The lowest BCUT2D eigenvalue weighted by atomic mass is 9.55. The quantitative estimate of drug-likeness (QED) is 0.568. The molecule has 0 spiro atoms. The average molecular weight is 246 g/mol. The van der Waals surface area contributed by atoms with E-state index in [1.54, 1.807) is 83.5 Å². The van der Waals surface area contributed by atoms with Gasteiger partial charge in [0, 0.05) is 0 Å². The lowest BCUT2D eigenvalue weighted by Crippen LogP contribution is -2.42. The van der Waals surface area contributed by atoms with E-state index in [4.69, 9.17) is 0 Å². The van der Waals surface area contributed by atoms with Gasteiger partial charge in [0.15, 0.2) is 0 Å². The molecule has 0 aromatic heterocycles. The minimum atomic E-state index is 0.862. The first-order valence-electron chi connectivity index (χ1n) is 8.90. The van der Waals surface area contributed by atoms with Crippen molar-refractivity contribution in [3.63, 3.8) is 0 Å². The van der Waals surface area contributed by atoms with E-state index >= 15 is 0 Å². The minimum absolute atomic E-state index is 0.862. The molecule has 4 saturated carbocycles. The number of hydrogen-bond donors (Lipinski definition) is 0. The van der Waals surface area contributed by atoms with Gasteiger partial charge in [0.1, 0.15) is 0 Å². The molecule has 0 amide bonds. The number of fused-ring (bicyclic) bond motifs is 2. The van der Waals surface area contributed by atoms with Crippen LogP contribution < -0.4 is 0 Å². The molecule has 4 fully saturated rings. The van der Waals surface area contributed by atoms with Crippen LogP contribution in [0.15, 0.2) is 0 Å². The minimum Gasteiger partial charge on any atom is -0.0530 e. The molecule has 0 aromatic carbocycles. The molecule has 0 radical (unpaired) electrons. The topological polar surface area (TPSA) is 0 Å². The molecule has 4 aliphatic rings. The Morgan fingerprint density at radius 2 is 1.33 bits per heavy atom. The summed E-state index contributed by atoms with van der Waals surface area (Å²) in [5.41, 5.74) is 0.862. The first-order valence-corrected chi connectivity index (χ1v) is 8.90. The van der Waals surface area contributed by atoms with Gasteiger partial charge in [0.25, 0.3) is 0 Å². The Bertz CT molecular complexity index is 293. The van der Waals surface area contributed by atoms with Gasteiger partial charge in [-0.3, -0.25) is 0 Å². The van der Waals surface area contributed by atoms with Crippen LogP contribution in [0.5, 0.6) is 0 Å². The fourth-order valence-corrected chi connectivity index (χ4v) is 6.93.